The number of aliphatic hydroxyl groups excluding tert-OH is 1. The second-order valence-corrected chi connectivity index (χ2v) is 6.88. The fraction of sp³-hybridized carbons (Fsp3) is 0.500. The van der Waals surface area contributed by atoms with E-state index in [1.807, 2.05) is 28.9 Å². The molecule has 0 saturated carbocycles. The Morgan fingerprint density at radius 2 is 2.04 bits per heavy atom. The van der Waals surface area contributed by atoms with Gasteiger partial charge in [0.1, 0.15) is 0 Å². The summed E-state index contributed by atoms with van der Waals surface area (Å²) in [7, 11) is 0. The molecule has 5 heteroatoms. The number of aromatic nitrogens is 2. The smallest absolute Gasteiger partial charge is 0.0677 e. The van der Waals surface area contributed by atoms with Crippen molar-refractivity contribution >= 4 is 11.6 Å². The Balaban J connectivity index is 1.76. The van der Waals surface area contributed by atoms with E-state index in [2.05, 4.69) is 18.7 Å². The first kappa shape index (κ1) is 16.5. The van der Waals surface area contributed by atoms with Gasteiger partial charge in [-0.1, -0.05) is 29.8 Å². The van der Waals surface area contributed by atoms with Gasteiger partial charge in [-0.25, -0.2) is 0 Å². The van der Waals surface area contributed by atoms with E-state index in [4.69, 9.17) is 16.7 Å². The lowest BCUT2D eigenvalue weighted by Crippen LogP contribution is -2.21. The summed E-state index contributed by atoms with van der Waals surface area (Å²) in [5.74, 6) is 0.425. The number of hydrogen-bond donors (Lipinski definition) is 1. The maximum Gasteiger partial charge on any atom is 0.0677 e. The van der Waals surface area contributed by atoms with Crippen LogP contribution >= 0.6 is 11.6 Å². The van der Waals surface area contributed by atoms with Crippen molar-refractivity contribution in [2.24, 2.45) is 5.92 Å². The van der Waals surface area contributed by atoms with Gasteiger partial charge in [0.15, 0.2) is 0 Å². The van der Waals surface area contributed by atoms with Gasteiger partial charge in [-0.2, -0.15) is 5.10 Å². The fourth-order valence-corrected chi connectivity index (χ4v) is 3.53. The summed E-state index contributed by atoms with van der Waals surface area (Å²) < 4.78 is 2.05. The summed E-state index contributed by atoms with van der Waals surface area (Å²) >= 11 is 6.27. The first-order valence-corrected chi connectivity index (χ1v) is 8.55. The Morgan fingerprint density at radius 1 is 1.26 bits per heavy atom. The van der Waals surface area contributed by atoms with Gasteiger partial charge >= 0.3 is 0 Å². The molecule has 0 amide bonds. The Morgan fingerprint density at radius 3 is 2.74 bits per heavy atom. The van der Waals surface area contributed by atoms with Crippen molar-refractivity contribution in [3.63, 3.8) is 0 Å². The van der Waals surface area contributed by atoms with Gasteiger partial charge < -0.3 is 5.11 Å². The van der Waals surface area contributed by atoms with Gasteiger partial charge in [0, 0.05) is 36.0 Å². The minimum atomic E-state index is 0.292. The van der Waals surface area contributed by atoms with Crippen LogP contribution in [0.5, 0.6) is 0 Å². The van der Waals surface area contributed by atoms with Gasteiger partial charge in [-0.15, -0.1) is 0 Å². The van der Waals surface area contributed by atoms with Gasteiger partial charge in [-0.05, 0) is 44.4 Å². The molecule has 124 valence electrons. The number of nitrogens with zero attached hydrogens (tertiary/aromatic N) is 3. The summed E-state index contributed by atoms with van der Waals surface area (Å²) in [6.45, 7) is 8.14. The van der Waals surface area contributed by atoms with Crippen molar-refractivity contribution in [3.8, 4) is 0 Å². The van der Waals surface area contributed by atoms with Crippen LogP contribution in [0.15, 0.2) is 24.3 Å². The number of aryl methyl sites for hydroxylation is 1. The molecule has 23 heavy (non-hydrogen) atoms. The average Bonchev–Trinajstić information content (AvgIpc) is 3.10. The standard InChI is InChI=1S/C18H24ClN3O/c1-13-17(11-21-8-7-15(9-21)12-23)14(2)22(20-13)10-16-5-3-4-6-18(16)19/h3-6,15,23H,7-12H2,1-2H3. The molecule has 1 aromatic carbocycles. The largest absolute Gasteiger partial charge is 0.396 e. The predicted octanol–water partition coefficient (Wildman–Crippen LogP) is 3.02. The van der Waals surface area contributed by atoms with Crippen LogP contribution in [0.3, 0.4) is 0 Å². The maximum absolute atomic E-state index is 9.30. The number of hydrogen-bond acceptors (Lipinski definition) is 3. The monoisotopic (exact) mass is 333 g/mol. The Hall–Kier alpha value is -1.36. The third kappa shape index (κ3) is 3.60. The molecule has 1 aliphatic heterocycles. The highest BCUT2D eigenvalue weighted by Crippen LogP contribution is 2.23. The SMILES string of the molecule is Cc1nn(Cc2ccccc2Cl)c(C)c1CN1CCC(CO)C1. The maximum atomic E-state index is 9.30. The highest BCUT2D eigenvalue weighted by molar-refractivity contribution is 6.31. The Bertz CT molecular complexity index is 683. The van der Waals surface area contributed by atoms with Crippen molar-refractivity contribution < 1.29 is 5.11 Å². The molecule has 1 N–H and O–H groups in total. The molecule has 3 rings (SSSR count). The molecule has 0 spiro atoms. The number of halogens is 1. The van der Waals surface area contributed by atoms with Crippen molar-refractivity contribution in [2.45, 2.75) is 33.4 Å². The van der Waals surface area contributed by atoms with E-state index in [1.165, 1.54) is 11.3 Å². The molecule has 1 saturated heterocycles. The van der Waals surface area contributed by atoms with Crippen molar-refractivity contribution in [1.29, 1.82) is 0 Å². The molecule has 0 bridgehead atoms. The number of aliphatic hydroxyl groups is 1. The summed E-state index contributed by atoms with van der Waals surface area (Å²) in [6.07, 6.45) is 1.09. The van der Waals surface area contributed by atoms with Crippen LogP contribution in [-0.2, 0) is 13.1 Å². The first-order chi connectivity index (χ1) is 11.1. The minimum absolute atomic E-state index is 0.292. The molecule has 1 atom stereocenters. The van der Waals surface area contributed by atoms with Gasteiger partial charge in [0.05, 0.1) is 12.2 Å². The Labute approximate surface area is 142 Å². The summed E-state index contributed by atoms with van der Waals surface area (Å²) in [4.78, 5) is 2.41. The minimum Gasteiger partial charge on any atom is -0.396 e. The predicted molar refractivity (Wildman–Crippen MR) is 92.7 cm³/mol. The molecule has 0 radical (unpaired) electrons. The van der Waals surface area contributed by atoms with Crippen LogP contribution in [0, 0.1) is 19.8 Å². The highest BCUT2D eigenvalue weighted by atomic mass is 35.5. The number of likely N-dealkylation sites (tertiary alicyclic amines) is 1. The lowest BCUT2D eigenvalue weighted by Gasteiger charge is -2.16. The zero-order chi connectivity index (χ0) is 16.4. The van der Waals surface area contributed by atoms with E-state index in [1.54, 1.807) is 0 Å². The number of rotatable bonds is 5. The Kier molecular flexibility index (Phi) is 5.05. The zero-order valence-corrected chi connectivity index (χ0v) is 14.6. The molecule has 4 nitrogen and oxygen atoms in total. The van der Waals surface area contributed by atoms with Crippen LogP contribution in [-0.4, -0.2) is 39.5 Å². The number of benzene rings is 1. The second kappa shape index (κ2) is 7.04. The van der Waals surface area contributed by atoms with E-state index in [9.17, 15) is 5.11 Å². The summed E-state index contributed by atoms with van der Waals surface area (Å²) in [5.41, 5.74) is 4.68. The molecular formula is C18H24ClN3O. The average molecular weight is 334 g/mol. The second-order valence-electron chi connectivity index (χ2n) is 6.47. The first-order valence-electron chi connectivity index (χ1n) is 8.18. The molecule has 1 aliphatic rings. The van der Waals surface area contributed by atoms with Gasteiger partial charge in [0.2, 0.25) is 0 Å². The van der Waals surface area contributed by atoms with Crippen LogP contribution in [0.25, 0.3) is 0 Å². The van der Waals surface area contributed by atoms with Gasteiger partial charge in [0.25, 0.3) is 0 Å². The normalized spacial score (nSPS) is 18.7. The lowest BCUT2D eigenvalue weighted by atomic mass is 10.1. The highest BCUT2D eigenvalue weighted by Gasteiger charge is 2.24. The zero-order valence-electron chi connectivity index (χ0n) is 13.8. The van der Waals surface area contributed by atoms with Crippen molar-refractivity contribution in [3.05, 3.63) is 51.8 Å². The fourth-order valence-electron chi connectivity index (χ4n) is 3.33. The van der Waals surface area contributed by atoms with Gasteiger partial charge in [-0.3, -0.25) is 9.58 Å². The van der Waals surface area contributed by atoms with Crippen molar-refractivity contribution in [1.82, 2.24) is 14.7 Å². The quantitative estimate of drug-likeness (QED) is 0.914. The van der Waals surface area contributed by atoms with Crippen LogP contribution in [0.2, 0.25) is 5.02 Å². The third-order valence-electron chi connectivity index (χ3n) is 4.82. The van der Waals surface area contributed by atoms with Crippen molar-refractivity contribution in [2.75, 3.05) is 19.7 Å². The molecule has 1 aromatic heterocycles. The third-order valence-corrected chi connectivity index (χ3v) is 5.19. The van der Waals surface area contributed by atoms with Crippen LogP contribution < -0.4 is 0 Å². The van der Waals surface area contributed by atoms with E-state index in [0.29, 0.717) is 19.1 Å². The van der Waals surface area contributed by atoms with E-state index < -0.39 is 0 Å². The van der Waals surface area contributed by atoms with E-state index in [-0.39, 0.29) is 0 Å². The van der Waals surface area contributed by atoms with Crippen LogP contribution in [0.1, 0.15) is 28.9 Å². The molecule has 1 fully saturated rings. The molecule has 2 aromatic rings. The molecule has 2 heterocycles. The summed E-state index contributed by atoms with van der Waals surface area (Å²) in [5, 5.41) is 14.8. The lowest BCUT2D eigenvalue weighted by molar-refractivity contribution is 0.220. The topological polar surface area (TPSA) is 41.3 Å². The van der Waals surface area contributed by atoms with Crippen LogP contribution in [0.4, 0.5) is 0 Å². The summed E-state index contributed by atoms with van der Waals surface area (Å²) in [6, 6.07) is 7.92. The molecular weight excluding hydrogens is 310 g/mol. The van der Waals surface area contributed by atoms with E-state index in [0.717, 1.165) is 42.3 Å². The molecule has 1 unspecified atom stereocenters. The van der Waals surface area contributed by atoms with E-state index >= 15 is 0 Å². The molecule has 0 aliphatic carbocycles.